The highest BCUT2D eigenvalue weighted by Gasteiger charge is 2.29. The number of piperazine rings is 1. The Balaban J connectivity index is 2.04. The van der Waals surface area contributed by atoms with Gasteiger partial charge in [0, 0.05) is 32.6 Å². The minimum Gasteiger partial charge on any atom is -0.333 e. The lowest BCUT2D eigenvalue weighted by Crippen LogP contribution is -2.49. The molecular weight excluding hydrogens is 302 g/mol. The Labute approximate surface area is 132 Å². The van der Waals surface area contributed by atoms with Crippen LogP contribution in [0, 0.1) is 0 Å². The van der Waals surface area contributed by atoms with Crippen LogP contribution in [0.1, 0.15) is 18.0 Å². The van der Waals surface area contributed by atoms with Gasteiger partial charge in [0.1, 0.15) is 0 Å². The molecule has 1 heterocycles. The number of carbonyl (C=O) groups excluding carboxylic acids is 1. The van der Waals surface area contributed by atoms with E-state index in [4.69, 9.17) is 0 Å². The first-order chi connectivity index (χ1) is 10.4. The zero-order valence-corrected chi connectivity index (χ0v) is 13.8. The molecule has 1 amide bonds. The second kappa shape index (κ2) is 7.21. The Kier molecular flexibility index (Phi) is 5.55. The fourth-order valence-electron chi connectivity index (χ4n) is 2.67. The Bertz CT molecular complexity index is 604. The molecule has 7 heteroatoms. The fourth-order valence-corrected chi connectivity index (χ4v) is 3.14. The van der Waals surface area contributed by atoms with E-state index in [-0.39, 0.29) is 24.9 Å². The second-order valence-corrected chi connectivity index (χ2v) is 7.53. The minimum atomic E-state index is -3.25. The van der Waals surface area contributed by atoms with Gasteiger partial charge in [0.25, 0.3) is 0 Å². The van der Waals surface area contributed by atoms with E-state index in [2.05, 4.69) is 9.62 Å². The van der Waals surface area contributed by atoms with Crippen molar-refractivity contribution in [1.29, 1.82) is 0 Å². The molecule has 2 rings (SSSR count). The highest BCUT2D eigenvalue weighted by Crippen LogP contribution is 2.25. The van der Waals surface area contributed by atoms with Crippen LogP contribution in [0.2, 0.25) is 0 Å². The van der Waals surface area contributed by atoms with Gasteiger partial charge in [-0.3, -0.25) is 4.79 Å². The summed E-state index contributed by atoms with van der Waals surface area (Å²) in [5, 5.41) is 0. The monoisotopic (exact) mass is 325 g/mol. The van der Waals surface area contributed by atoms with Crippen LogP contribution in [0.4, 0.5) is 0 Å². The van der Waals surface area contributed by atoms with Crippen LogP contribution < -0.4 is 4.72 Å². The van der Waals surface area contributed by atoms with Gasteiger partial charge in [-0.15, -0.1) is 0 Å². The van der Waals surface area contributed by atoms with Crippen molar-refractivity contribution in [1.82, 2.24) is 14.5 Å². The number of benzene rings is 1. The molecule has 0 spiro atoms. The first kappa shape index (κ1) is 16.9. The third-order valence-corrected chi connectivity index (χ3v) is 4.52. The standard InChI is InChI=1S/C15H23N3O3S/c1-17-10-11-18(15(19)8-9-16-22(2,20)21)14(12-17)13-6-4-3-5-7-13/h3-7,14,16H,8-12H2,1-2H3. The van der Waals surface area contributed by atoms with E-state index in [1.165, 1.54) is 0 Å². The normalized spacial score (nSPS) is 20.1. The average Bonchev–Trinajstić information content (AvgIpc) is 2.46. The van der Waals surface area contributed by atoms with Gasteiger partial charge in [-0.25, -0.2) is 13.1 Å². The van der Waals surface area contributed by atoms with E-state index in [1.54, 1.807) is 0 Å². The zero-order valence-electron chi connectivity index (χ0n) is 13.0. The lowest BCUT2D eigenvalue weighted by Gasteiger charge is -2.40. The van der Waals surface area contributed by atoms with E-state index in [0.717, 1.165) is 24.9 Å². The Morgan fingerprint density at radius 3 is 2.59 bits per heavy atom. The molecule has 1 aliphatic heterocycles. The van der Waals surface area contributed by atoms with Gasteiger partial charge in [0.15, 0.2) is 0 Å². The number of carbonyl (C=O) groups is 1. The van der Waals surface area contributed by atoms with Crippen molar-refractivity contribution in [3.63, 3.8) is 0 Å². The molecule has 0 radical (unpaired) electrons. The Hall–Kier alpha value is -1.44. The van der Waals surface area contributed by atoms with E-state index in [1.807, 2.05) is 42.3 Å². The number of nitrogens with zero attached hydrogens (tertiary/aromatic N) is 2. The van der Waals surface area contributed by atoms with Gasteiger partial charge in [-0.2, -0.15) is 0 Å². The summed E-state index contributed by atoms with van der Waals surface area (Å²) in [5.74, 6) is -0.0156. The molecule has 0 aliphatic carbocycles. The van der Waals surface area contributed by atoms with Crippen molar-refractivity contribution in [2.24, 2.45) is 0 Å². The number of amides is 1. The molecule has 1 unspecified atom stereocenters. The fraction of sp³-hybridized carbons (Fsp3) is 0.533. The van der Waals surface area contributed by atoms with Crippen LogP contribution in [0.5, 0.6) is 0 Å². The third kappa shape index (κ3) is 4.79. The van der Waals surface area contributed by atoms with Crippen LogP contribution >= 0.6 is 0 Å². The number of nitrogens with one attached hydrogen (secondary N) is 1. The molecule has 22 heavy (non-hydrogen) atoms. The van der Waals surface area contributed by atoms with E-state index in [0.29, 0.717) is 6.54 Å². The van der Waals surface area contributed by atoms with Crippen LogP contribution in [0.15, 0.2) is 30.3 Å². The highest BCUT2D eigenvalue weighted by atomic mass is 32.2. The van der Waals surface area contributed by atoms with Crippen molar-refractivity contribution in [3.8, 4) is 0 Å². The summed E-state index contributed by atoms with van der Waals surface area (Å²) in [4.78, 5) is 16.5. The molecule has 6 nitrogen and oxygen atoms in total. The van der Waals surface area contributed by atoms with Crippen LogP contribution in [0.25, 0.3) is 0 Å². The SMILES string of the molecule is CN1CCN(C(=O)CCNS(C)(=O)=O)C(c2ccccc2)C1. The van der Waals surface area contributed by atoms with Crippen molar-refractivity contribution < 1.29 is 13.2 Å². The quantitative estimate of drug-likeness (QED) is 0.853. The number of hydrogen-bond acceptors (Lipinski definition) is 4. The van der Waals surface area contributed by atoms with Gasteiger partial charge >= 0.3 is 0 Å². The summed E-state index contributed by atoms with van der Waals surface area (Å²) in [6, 6.07) is 9.97. The molecule has 0 aromatic heterocycles. The van der Waals surface area contributed by atoms with Gasteiger partial charge in [-0.1, -0.05) is 30.3 Å². The molecule has 0 saturated carbocycles. The minimum absolute atomic E-state index is 0.0156. The summed E-state index contributed by atoms with van der Waals surface area (Å²) in [7, 11) is -1.21. The first-order valence-corrected chi connectivity index (χ1v) is 9.23. The predicted molar refractivity (Wildman–Crippen MR) is 85.9 cm³/mol. The largest absolute Gasteiger partial charge is 0.333 e. The van der Waals surface area contributed by atoms with Crippen molar-refractivity contribution >= 4 is 15.9 Å². The molecule has 122 valence electrons. The van der Waals surface area contributed by atoms with Crippen molar-refractivity contribution in [2.75, 3.05) is 39.5 Å². The van der Waals surface area contributed by atoms with Crippen molar-refractivity contribution in [2.45, 2.75) is 12.5 Å². The van der Waals surface area contributed by atoms with Crippen LogP contribution in [-0.4, -0.2) is 63.6 Å². The van der Waals surface area contributed by atoms with Crippen LogP contribution in [0.3, 0.4) is 0 Å². The molecular formula is C15H23N3O3S. The maximum atomic E-state index is 12.4. The van der Waals surface area contributed by atoms with E-state index >= 15 is 0 Å². The lowest BCUT2D eigenvalue weighted by molar-refractivity contribution is -0.136. The van der Waals surface area contributed by atoms with E-state index < -0.39 is 10.0 Å². The summed E-state index contributed by atoms with van der Waals surface area (Å²) >= 11 is 0. The summed E-state index contributed by atoms with van der Waals surface area (Å²) < 4.78 is 24.5. The molecule has 1 saturated heterocycles. The van der Waals surface area contributed by atoms with Gasteiger partial charge < -0.3 is 9.80 Å². The number of rotatable bonds is 5. The molecule has 1 aromatic carbocycles. The zero-order chi connectivity index (χ0) is 16.2. The molecule has 1 aliphatic rings. The second-order valence-electron chi connectivity index (χ2n) is 5.69. The number of likely N-dealkylation sites (N-methyl/N-ethyl adjacent to an activating group) is 1. The van der Waals surface area contributed by atoms with Gasteiger partial charge in [-0.05, 0) is 12.6 Å². The molecule has 1 N–H and O–H groups in total. The van der Waals surface area contributed by atoms with E-state index in [9.17, 15) is 13.2 Å². The topological polar surface area (TPSA) is 69.7 Å². The summed E-state index contributed by atoms with van der Waals surface area (Å²) in [6.45, 7) is 2.42. The van der Waals surface area contributed by atoms with Gasteiger partial charge in [0.2, 0.25) is 15.9 Å². The van der Waals surface area contributed by atoms with Gasteiger partial charge in [0.05, 0.1) is 12.3 Å². The predicted octanol–water partition coefficient (Wildman–Crippen LogP) is 0.441. The molecule has 1 aromatic rings. The Morgan fingerprint density at radius 1 is 1.27 bits per heavy atom. The summed E-state index contributed by atoms with van der Waals surface area (Å²) in [5.41, 5.74) is 1.11. The van der Waals surface area contributed by atoms with Crippen molar-refractivity contribution in [3.05, 3.63) is 35.9 Å². The highest BCUT2D eigenvalue weighted by molar-refractivity contribution is 7.88. The van der Waals surface area contributed by atoms with Crippen LogP contribution in [-0.2, 0) is 14.8 Å². The smallest absolute Gasteiger partial charge is 0.224 e. The maximum Gasteiger partial charge on any atom is 0.224 e. The maximum absolute atomic E-state index is 12.4. The molecule has 1 atom stereocenters. The summed E-state index contributed by atoms with van der Waals surface area (Å²) in [6.07, 6.45) is 1.28. The molecule has 1 fully saturated rings. The third-order valence-electron chi connectivity index (χ3n) is 3.79. The average molecular weight is 325 g/mol. The number of hydrogen-bond donors (Lipinski definition) is 1. The molecule has 0 bridgehead atoms. The number of sulfonamides is 1. The lowest BCUT2D eigenvalue weighted by atomic mass is 10.0. The Morgan fingerprint density at radius 2 is 1.95 bits per heavy atom. The first-order valence-electron chi connectivity index (χ1n) is 7.34.